The first-order valence-electron chi connectivity index (χ1n) is 3.41. The van der Waals surface area contributed by atoms with Crippen LogP contribution in [0.1, 0.15) is 19.3 Å². The van der Waals surface area contributed by atoms with E-state index in [1.165, 1.54) is 0 Å². The lowest BCUT2D eigenvalue weighted by Gasteiger charge is -2.36. The number of rotatable bonds is 3. The maximum absolute atomic E-state index is 10.6. The number of carboxylic acid groups (broad SMARTS) is 1. The summed E-state index contributed by atoms with van der Waals surface area (Å²) in [7, 11) is -3.92. The van der Waals surface area contributed by atoms with Gasteiger partial charge >= 0.3 is 5.97 Å². The standard InChI is InChI=1S/C5H10N2O4S/c6-12(10,11)7-5(4(8)9)2-1-3-5/h7H,1-3H2,(H,8,9)(H2,6,10,11). The van der Waals surface area contributed by atoms with Gasteiger partial charge < -0.3 is 5.11 Å². The zero-order valence-electron chi connectivity index (χ0n) is 6.28. The van der Waals surface area contributed by atoms with Gasteiger partial charge in [0.2, 0.25) is 0 Å². The Bertz CT molecular complexity index is 293. The normalized spacial score (nSPS) is 21.4. The van der Waals surface area contributed by atoms with Gasteiger partial charge in [-0.1, -0.05) is 0 Å². The Morgan fingerprint density at radius 3 is 2.08 bits per heavy atom. The van der Waals surface area contributed by atoms with E-state index in [-0.39, 0.29) is 0 Å². The molecule has 6 nitrogen and oxygen atoms in total. The average molecular weight is 194 g/mol. The summed E-state index contributed by atoms with van der Waals surface area (Å²) in [6.07, 6.45) is 1.31. The molecule has 4 N–H and O–H groups in total. The quantitative estimate of drug-likeness (QED) is 0.523. The monoisotopic (exact) mass is 194 g/mol. The molecule has 70 valence electrons. The molecule has 0 aliphatic heterocycles. The van der Waals surface area contributed by atoms with Crippen molar-refractivity contribution >= 4 is 16.2 Å². The van der Waals surface area contributed by atoms with Crippen LogP contribution in [0, 0.1) is 0 Å². The zero-order chi connectivity index (χ0) is 9.41. The summed E-state index contributed by atoms with van der Waals surface area (Å²) in [5.74, 6) is -1.16. The van der Waals surface area contributed by atoms with Gasteiger partial charge in [-0.3, -0.25) is 4.79 Å². The van der Waals surface area contributed by atoms with E-state index in [4.69, 9.17) is 5.11 Å². The molecular formula is C5H10N2O4S. The van der Waals surface area contributed by atoms with Crippen LogP contribution < -0.4 is 9.86 Å². The second-order valence-electron chi connectivity index (χ2n) is 2.89. The summed E-state index contributed by atoms with van der Waals surface area (Å²) in [6, 6.07) is 0. The van der Waals surface area contributed by atoms with E-state index in [1.54, 1.807) is 0 Å². The Morgan fingerprint density at radius 2 is 2.00 bits per heavy atom. The van der Waals surface area contributed by atoms with Gasteiger partial charge in [0.05, 0.1) is 0 Å². The first-order chi connectivity index (χ1) is 5.36. The van der Waals surface area contributed by atoms with E-state index in [2.05, 4.69) is 5.14 Å². The van der Waals surface area contributed by atoms with E-state index in [9.17, 15) is 13.2 Å². The Balaban J connectivity index is 2.76. The van der Waals surface area contributed by atoms with Gasteiger partial charge in [0.1, 0.15) is 5.54 Å². The van der Waals surface area contributed by atoms with Crippen molar-refractivity contribution in [3.63, 3.8) is 0 Å². The van der Waals surface area contributed by atoms with Crippen molar-refractivity contribution in [1.82, 2.24) is 4.72 Å². The Hall–Kier alpha value is -0.660. The fourth-order valence-corrected chi connectivity index (χ4v) is 2.00. The molecule has 1 aliphatic carbocycles. The van der Waals surface area contributed by atoms with Crippen LogP contribution in [0.5, 0.6) is 0 Å². The smallest absolute Gasteiger partial charge is 0.324 e. The summed E-state index contributed by atoms with van der Waals surface area (Å²) in [6.45, 7) is 0. The van der Waals surface area contributed by atoms with Crippen molar-refractivity contribution in [3.05, 3.63) is 0 Å². The highest BCUT2D eigenvalue weighted by molar-refractivity contribution is 7.87. The Morgan fingerprint density at radius 1 is 1.50 bits per heavy atom. The summed E-state index contributed by atoms with van der Waals surface area (Å²) in [4.78, 5) is 10.6. The van der Waals surface area contributed by atoms with Crippen LogP contribution in [0.4, 0.5) is 0 Å². The summed E-state index contributed by atoms with van der Waals surface area (Å²) in [5.41, 5.74) is -1.34. The third kappa shape index (κ3) is 1.74. The fourth-order valence-electron chi connectivity index (χ4n) is 1.16. The lowest BCUT2D eigenvalue weighted by atomic mass is 9.78. The first kappa shape index (κ1) is 9.43. The number of hydrogen-bond acceptors (Lipinski definition) is 3. The Labute approximate surface area is 69.9 Å². The van der Waals surface area contributed by atoms with Crippen molar-refractivity contribution in [2.75, 3.05) is 0 Å². The number of carbonyl (C=O) groups is 1. The molecule has 0 spiro atoms. The molecule has 0 saturated heterocycles. The molecule has 7 heteroatoms. The molecule has 0 aromatic rings. The van der Waals surface area contributed by atoms with Gasteiger partial charge in [-0.15, -0.1) is 0 Å². The average Bonchev–Trinajstić information content (AvgIpc) is 1.75. The minimum absolute atomic E-state index is 0.304. The first-order valence-corrected chi connectivity index (χ1v) is 4.95. The predicted octanol–water partition coefficient (Wildman–Crippen LogP) is -1.21. The van der Waals surface area contributed by atoms with Gasteiger partial charge in [-0.2, -0.15) is 13.1 Å². The number of carboxylic acids is 1. The lowest BCUT2D eigenvalue weighted by molar-refractivity contribution is -0.147. The van der Waals surface area contributed by atoms with Crippen LogP contribution in [-0.4, -0.2) is 25.0 Å². The Kier molecular flexibility index (Phi) is 2.11. The molecule has 1 aliphatic rings. The highest BCUT2D eigenvalue weighted by Crippen LogP contribution is 2.32. The van der Waals surface area contributed by atoms with Crippen molar-refractivity contribution in [2.45, 2.75) is 24.8 Å². The highest BCUT2D eigenvalue weighted by atomic mass is 32.2. The van der Waals surface area contributed by atoms with Crippen LogP contribution in [0.3, 0.4) is 0 Å². The molecule has 0 unspecified atom stereocenters. The lowest BCUT2D eigenvalue weighted by Crippen LogP contribution is -2.60. The molecule has 0 aromatic carbocycles. The van der Waals surface area contributed by atoms with Crippen LogP contribution in [-0.2, 0) is 15.0 Å². The molecule has 0 atom stereocenters. The molecule has 0 amide bonds. The second kappa shape index (κ2) is 2.68. The number of hydrogen-bond donors (Lipinski definition) is 3. The number of nitrogens with two attached hydrogens (primary N) is 1. The molecule has 1 rings (SSSR count). The van der Waals surface area contributed by atoms with Gasteiger partial charge in [0.15, 0.2) is 0 Å². The molecule has 0 bridgehead atoms. The van der Waals surface area contributed by atoms with Gasteiger partial charge in [0, 0.05) is 0 Å². The van der Waals surface area contributed by atoms with Crippen molar-refractivity contribution in [3.8, 4) is 0 Å². The van der Waals surface area contributed by atoms with Gasteiger partial charge in [-0.05, 0) is 19.3 Å². The van der Waals surface area contributed by atoms with E-state index in [0.29, 0.717) is 19.3 Å². The SMILES string of the molecule is NS(=O)(=O)NC1(C(=O)O)CCC1. The van der Waals surface area contributed by atoms with Crippen LogP contribution in [0.25, 0.3) is 0 Å². The van der Waals surface area contributed by atoms with Crippen LogP contribution in [0.2, 0.25) is 0 Å². The van der Waals surface area contributed by atoms with E-state index in [1.807, 2.05) is 4.72 Å². The summed E-state index contributed by atoms with van der Waals surface area (Å²) >= 11 is 0. The molecular weight excluding hydrogens is 184 g/mol. The van der Waals surface area contributed by atoms with E-state index in [0.717, 1.165) is 0 Å². The van der Waals surface area contributed by atoms with Crippen molar-refractivity contribution < 1.29 is 18.3 Å². The van der Waals surface area contributed by atoms with E-state index < -0.39 is 21.7 Å². The molecule has 0 aromatic heterocycles. The fraction of sp³-hybridized carbons (Fsp3) is 0.800. The minimum Gasteiger partial charge on any atom is -0.480 e. The molecule has 0 heterocycles. The number of aliphatic carboxylic acids is 1. The van der Waals surface area contributed by atoms with Crippen LogP contribution >= 0.6 is 0 Å². The summed E-state index contributed by atoms with van der Waals surface area (Å²) in [5, 5.41) is 13.3. The van der Waals surface area contributed by atoms with Crippen molar-refractivity contribution in [2.24, 2.45) is 5.14 Å². The second-order valence-corrected chi connectivity index (χ2v) is 4.18. The van der Waals surface area contributed by atoms with Gasteiger partial charge in [0.25, 0.3) is 10.2 Å². The maximum Gasteiger partial charge on any atom is 0.324 e. The molecule has 0 radical (unpaired) electrons. The predicted molar refractivity (Wildman–Crippen MR) is 40.5 cm³/mol. The zero-order valence-corrected chi connectivity index (χ0v) is 7.10. The van der Waals surface area contributed by atoms with Crippen molar-refractivity contribution in [1.29, 1.82) is 0 Å². The molecule has 1 fully saturated rings. The highest BCUT2D eigenvalue weighted by Gasteiger charge is 2.46. The molecule has 12 heavy (non-hydrogen) atoms. The third-order valence-electron chi connectivity index (χ3n) is 1.95. The van der Waals surface area contributed by atoms with Crippen LogP contribution in [0.15, 0.2) is 0 Å². The summed E-state index contributed by atoms with van der Waals surface area (Å²) < 4.78 is 23.0. The van der Waals surface area contributed by atoms with Gasteiger partial charge in [-0.25, -0.2) is 5.14 Å². The van der Waals surface area contributed by atoms with E-state index >= 15 is 0 Å². The number of nitrogens with one attached hydrogen (secondary N) is 1. The third-order valence-corrected chi connectivity index (χ3v) is 2.63. The maximum atomic E-state index is 10.6. The minimum atomic E-state index is -3.92. The topological polar surface area (TPSA) is 109 Å². The molecule has 1 saturated carbocycles. The largest absolute Gasteiger partial charge is 0.480 e.